The third-order valence-electron chi connectivity index (χ3n) is 7.32. The molecule has 0 spiro atoms. The molecule has 2 aromatic carbocycles. The first-order valence-corrected chi connectivity index (χ1v) is 12.6. The molecule has 184 valence electrons. The van der Waals surface area contributed by atoms with E-state index in [9.17, 15) is 14.4 Å². The number of amides is 4. The average Bonchev–Trinajstić information content (AvgIpc) is 3.16. The number of imide groups is 2. The van der Waals surface area contributed by atoms with Crippen molar-refractivity contribution in [3.05, 3.63) is 88.8 Å². The van der Waals surface area contributed by atoms with Gasteiger partial charge in [-0.15, -0.1) is 0 Å². The van der Waals surface area contributed by atoms with Crippen molar-refractivity contribution in [2.75, 3.05) is 9.80 Å². The van der Waals surface area contributed by atoms with Gasteiger partial charge in [0.1, 0.15) is 5.57 Å². The zero-order chi connectivity index (χ0) is 25.4. The van der Waals surface area contributed by atoms with E-state index in [1.165, 1.54) is 19.3 Å². The monoisotopic (exact) mass is 481 g/mol. The summed E-state index contributed by atoms with van der Waals surface area (Å²) >= 11 is 0. The van der Waals surface area contributed by atoms with Crippen LogP contribution in [0.5, 0.6) is 0 Å². The second-order valence-electron chi connectivity index (χ2n) is 9.78. The third-order valence-corrected chi connectivity index (χ3v) is 7.32. The fraction of sp³-hybridized carbons (Fsp3) is 0.300. The van der Waals surface area contributed by atoms with Crippen LogP contribution >= 0.6 is 0 Å². The number of carbonyl (C=O) groups excluding carboxylic acids is 3. The van der Waals surface area contributed by atoms with Crippen molar-refractivity contribution < 1.29 is 14.4 Å². The van der Waals surface area contributed by atoms with Crippen LogP contribution in [0.25, 0.3) is 6.08 Å². The van der Waals surface area contributed by atoms with Crippen LogP contribution in [0, 0.1) is 20.8 Å². The SMILES string of the molecule is Cc1ccc(N2C(=O)/C(=C/c3cc(C)n(C4CCCCC4)c3C)C(=O)N(c3ccccc3)C2=O)cc1. The lowest BCUT2D eigenvalue weighted by Crippen LogP contribution is -2.57. The van der Waals surface area contributed by atoms with E-state index in [0.717, 1.165) is 45.2 Å². The number of rotatable bonds is 4. The van der Waals surface area contributed by atoms with Crippen LogP contribution in [0.15, 0.2) is 66.2 Å². The van der Waals surface area contributed by atoms with Gasteiger partial charge in [0.25, 0.3) is 11.8 Å². The summed E-state index contributed by atoms with van der Waals surface area (Å²) in [7, 11) is 0. The number of anilines is 2. The summed E-state index contributed by atoms with van der Waals surface area (Å²) in [4.78, 5) is 43.1. The van der Waals surface area contributed by atoms with Gasteiger partial charge in [0.05, 0.1) is 11.4 Å². The molecule has 0 unspecified atom stereocenters. The molecule has 4 amide bonds. The minimum absolute atomic E-state index is 0.0251. The Kier molecular flexibility index (Phi) is 6.35. The van der Waals surface area contributed by atoms with Crippen LogP contribution < -0.4 is 9.80 Å². The summed E-state index contributed by atoms with van der Waals surface area (Å²) < 4.78 is 2.35. The van der Waals surface area contributed by atoms with E-state index in [4.69, 9.17) is 0 Å². The van der Waals surface area contributed by atoms with Crippen LogP contribution in [0.4, 0.5) is 16.2 Å². The van der Waals surface area contributed by atoms with E-state index < -0.39 is 17.8 Å². The Morgan fingerprint density at radius 3 is 1.94 bits per heavy atom. The maximum absolute atomic E-state index is 13.7. The Morgan fingerprint density at radius 1 is 0.750 bits per heavy atom. The highest BCUT2D eigenvalue weighted by molar-refractivity contribution is 6.46. The number of para-hydroxylation sites is 1. The fourth-order valence-corrected chi connectivity index (χ4v) is 5.46. The van der Waals surface area contributed by atoms with Crippen molar-refractivity contribution in [1.29, 1.82) is 0 Å². The maximum atomic E-state index is 13.7. The molecule has 2 aliphatic rings. The number of carbonyl (C=O) groups is 3. The highest BCUT2D eigenvalue weighted by atomic mass is 16.2. The summed E-state index contributed by atoms with van der Waals surface area (Å²) in [5, 5.41) is 0. The van der Waals surface area contributed by atoms with Gasteiger partial charge in [-0.05, 0) is 75.6 Å². The maximum Gasteiger partial charge on any atom is 0.343 e. The van der Waals surface area contributed by atoms with Gasteiger partial charge in [-0.25, -0.2) is 14.6 Å². The third kappa shape index (κ3) is 4.17. The highest BCUT2D eigenvalue weighted by Gasteiger charge is 2.43. The van der Waals surface area contributed by atoms with Gasteiger partial charge >= 0.3 is 6.03 Å². The average molecular weight is 482 g/mol. The Bertz CT molecular complexity index is 1350. The first kappa shape index (κ1) is 23.8. The second kappa shape index (κ2) is 9.61. The van der Waals surface area contributed by atoms with Crippen molar-refractivity contribution >= 4 is 35.3 Å². The van der Waals surface area contributed by atoms with Crippen LogP contribution in [0.2, 0.25) is 0 Å². The molecule has 1 saturated heterocycles. The number of barbiturate groups is 1. The molecule has 1 aliphatic heterocycles. The fourth-order valence-electron chi connectivity index (χ4n) is 5.46. The normalized spacial score (nSPS) is 18.4. The van der Waals surface area contributed by atoms with E-state index in [-0.39, 0.29) is 5.57 Å². The summed E-state index contributed by atoms with van der Waals surface area (Å²) in [6, 6.07) is 17.7. The zero-order valence-electron chi connectivity index (χ0n) is 21.0. The summed E-state index contributed by atoms with van der Waals surface area (Å²) in [5.74, 6) is -1.22. The van der Waals surface area contributed by atoms with E-state index >= 15 is 0 Å². The highest BCUT2D eigenvalue weighted by Crippen LogP contribution is 2.34. The van der Waals surface area contributed by atoms with Crippen molar-refractivity contribution in [1.82, 2.24) is 4.57 Å². The van der Waals surface area contributed by atoms with E-state index in [0.29, 0.717) is 17.4 Å². The second-order valence-corrected chi connectivity index (χ2v) is 9.78. The van der Waals surface area contributed by atoms with Crippen LogP contribution in [-0.2, 0) is 9.59 Å². The number of aromatic nitrogens is 1. The molecule has 1 aliphatic carbocycles. The largest absolute Gasteiger partial charge is 0.346 e. The number of benzene rings is 2. The van der Waals surface area contributed by atoms with Crippen LogP contribution in [0.3, 0.4) is 0 Å². The minimum atomic E-state index is -0.676. The predicted molar refractivity (Wildman–Crippen MR) is 142 cm³/mol. The first-order chi connectivity index (χ1) is 17.4. The first-order valence-electron chi connectivity index (χ1n) is 12.6. The molecular weight excluding hydrogens is 450 g/mol. The molecule has 0 bridgehead atoms. The number of nitrogens with zero attached hydrogens (tertiary/aromatic N) is 3. The summed E-state index contributed by atoms with van der Waals surface area (Å²) in [6.07, 6.45) is 7.65. The van der Waals surface area contributed by atoms with Gasteiger partial charge in [-0.2, -0.15) is 0 Å². The molecule has 3 aromatic rings. The van der Waals surface area contributed by atoms with Gasteiger partial charge in [0.2, 0.25) is 0 Å². The minimum Gasteiger partial charge on any atom is -0.346 e. The van der Waals surface area contributed by atoms with Crippen molar-refractivity contribution in [2.24, 2.45) is 0 Å². The van der Waals surface area contributed by atoms with E-state index in [1.54, 1.807) is 42.5 Å². The van der Waals surface area contributed by atoms with Gasteiger partial charge in [0, 0.05) is 17.4 Å². The van der Waals surface area contributed by atoms with Crippen molar-refractivity contribution in [3.63, 3.8) is 0 Å². The lowest BCUT2D eigenvalue weighted by atomic mass is 9.95. The van der Waals surface area contributed by atoms with Crippen LogP contribution in [0.1, 0.15) is 60.7 Å². The standard InChI is InChI=1S/C30H31N3O3/c1-20-14-16-26(17-15-20)33-29(35)27(28(34)32(30(33)36)25-12-8-5-9-13-25)19-23-18-21(2)31(22(23)3)24-10-6-4-7-11-24/h5,8-9,12-19,24H,4,6-7,10-11H2,1-3H3/b27-19+. The van der Waals surface area contributed by atoms with Crippen molar-refractivity contribution in [2.45, 2.75) is 58.9 Å². The Balaban J connectivity index is 1.61. The Labute approximate surface area is 211 Å². The number of aryl methyl sites for hydroxylation is 2. The van der Waals surface area contributed by atoms with Crippen molar-refractivity contribution in [3.8, 4) is 0 Å². The van der Waals surface area contributed by atoms with Crippen LogP contribution in [-0.4, -0.2) is 22.4 Å². The molecule has 1 saturated carbocycles. The molecule has 6 nitrogen and oxygen atoms in total. The quantitative estimate of drug-likeness (QED) is 0.316. The molecular formula is C30H31N3O3. The number of hydrogen-bond donors (Lipinski definition) is 0. The predicted octanol–water partition coefficient (Wildman–Crippen LogP) is 6.50. The summed E-state index contributed by atoms with van der Waals surface area (Å²) in [5.41, 5.74) is 4.84. The lowest BCUT2D eigenvalue weighted by Gasteiger charge is -2.34. The molecule has 36 heavy (non-hydrogen) atoms. The molecule has 0 N–H and O–H groups in total. The Hall–Kier alpha value is -3.93. The summed E-state index contributed by atoms with van der Waals surface area (Å²) in [6.45, 7) is 6.06. The van der Waals surface area contributed by atoms with E-state index in [2.05, 4.69) is 11.5 Å². The van der Waals surface area contributed by atoms with E-state index in [1.807, 2.05) is 38.1 Å². The van der Waals surface area contributed by atoms with Gasteiger partial charge in [-0.1, -0.05) is 55.2 Å². The number of hydrogen-bond acceptors (Lipinski definition) is 3. The van der Waals surface area contributed by atoms with Gasteiger partial charge in [-0.3, -0.25) is 9.59 Å². The molecule has 2 fully saturated rings. The zero-order valence-corrected chi connectivity index (χ0v) is 21.0. The van der Waals surface area contributed by atoms with Gasteiger partial charge in [0.15, 0.2) is 0 Å². The molecule has 1 aromatic heterocycles. The molecule has 2 heterocycles. The lowest BCUT2D eigenvalue weighted by molar-refractivity contribution is -0.121. The van der Waals surface area contributed by atoms with Gasteiger partial charge < -0.3 is 4.57 Å². The molecule has 5 rings (SSSR count). The Morgan fingerprint density at radius 2 is 1.33 bits per heavy atom. The molecule has 0 atom stereocenters. The topological polar surface area (TPSA) is 62.6 Å². The molecule has 0 radical (unpaired) electrons. The number of urea groups is 1. The molecule has 6 heteroatoms. The smallest absolute Gasteiger partial charge is 0.343 e.